The van der Waals surface area contributed by atoms with Gasteiger partial charge in [0.15, 0.2) is 0 Å². The molecule has 1 aliphatic rings. The Morgan fingerprint density at radius 2 is 1.91 bits per heavy atom. The summed E-state index contributed by atoms with van der Waals surface area (Å²) in [6.07, 6.45) is 3.39. The molecule has 3 aromatic rings. The number of nitrogens with zero attached hydrogens (tertiary/aromatic N) is 2. The molecule has 0 saturated carbocycles. The maximum absolute atomic E-state index is 12.9. The van der Waals surface area contributed by atoms with Crippen LogP contribution >= 0.6 is 11.8 Å². The number of anilines is 1. The summed E-state index contributed by atoms with van der Waals surface area (Å²) >= 11 is 0.770. The van der Waals surface area contributed by atoms with Gasteiger partial charge in [-0.1, -0.05) is 30.3 Å². The zero-order valence-electron chi connectivity index (χ0n) is 18.9. The van der Waals surface area contributed by atoms with Gasteiger partial charge in [-0.05, 0) is 55.4 Å². The lowest BCUT2D eigenvalue weighted by Gasteiger charge is -2.18. The summed E-state index contributed by atoms with van der Waals surface area (Å²) in [5, 5.41) is 3.20. The predicted octanol–water partition coefficient (Wildman–Crippen LogP) is 4.19. The van der Waals surface area contributed by atoms with Gasteiger partial charge in [0.2, 0.25) is 5.91 Å². The lowest BCUT2D eigenvalue weighted by Crippen LogP contribution is -2.42. The number of esters is 1. The summed E-state index contributed by atoms with van der Waals surface area (Å²) in [6.45, 7) is 3.47. The van der Waals surface area contributed by atoms with Crippen molar-refractivity contribution in [1.29, 1.82) is 0 Å². The number of rotatable bonds is 6. The molecule has 1 N–H and O–H groups in total. The molecule has 1 aromatic heterocycles. The van der Waals surface area contributed by atoms with Crippen molar-refractivity contribution in [1.82, 2.24) is 9.47 Å². The van der Waals surface area contributed by atoms with E-state index in [1.165, 1.54) is 14.0 Å². The molecule has 1 saturated heterocycles. The van der Waals surface area contributed by atoms with Crippen LogP contribution in [0.15, 0.2) is 59.6 Å². The summed E-state index contributed by atoms with van der Waals surface area (Å²) < 4.78 is 6.47. The molecule has 4 rings (SSSR count). The van der Waals surface area contributed by atoms with Gasteiger partial charge in [-0.25, -0.2) is 4.79 Å². The van der Waals surface area contributed by atoms with Crippen molar-refractivity contribution >= 4 is 57.5 Å². The molecular weight excluding hydrogens is 454 g/mol. The van der Waals surface area contributed by atoms with Crippen molar-refractivity contribution in [3.63, 3.8) is 0 Å². The highest BCUT2D eigenvalue weighted by molar-refractivity contribution is 8.18. The highest BCUT2D eigenvalue weighted by atomic mass is 32.2. The quantitative estimate of drug-likeness (QED) is 0.422. The topological polar surface area (TPSA) is 97.7 Å². The number of benzene rings is 2. The number of hydrogen-bond acceptors (Lipinski definition) is 6. The van der Waals surface area contributed by atoms with E-state index < -0.39 is 23.2 Å². The molecule has 1 atom stereocenters. The Balaban J connectivity index is 1.61. The average Bonchev–Trinajstić information content (AvgIpc) is 3.29. The monoisotopic (exact) mass is 477 g/mol. The largest absolute Gasteiger partial charge is 0.467 e. The number of methoxy groups -OCH3 is 1. The summed E-state index contributed by atoms with van der Waals surface area (Å²) in [7, 11) is 1.21. The number of carbonyl (C=O) groups excluding carboxylic acids is 4. The Kier molecular flexibility index (Phi) is 6.56. The summed E-state index contributed by atoms with van der Waals surface area (Å²) in [4.78, 5) is 50.9. The molecular formula is C25H23N3O5S. The maximum Gasteiger partial charge on any atom is 0.328 e. The number of nitrogens with one attached hydrogen (secondary N) is 1. The Morgan fingerprint density at radius 3 is 2.65 bits per heavy atom. The normalized spacial score (nSPS) is 15.7. The zero-order chi connectivity index (χ0) is 24.4. The van der Waals surface area contributed by atoms with Gasteiger partial charge in [-0.3, -0.25) is 19.3 Å². The van der Waals surface area contributed by atoms with E-state index in [0.717, 1.165) is 38.8 Å². The molecule has 3 amide bonds. The van der Waals surface area contributed by atoms with E-state index in [-0.39, 0.29) is 17.4 Å². The van der Waals surface area contributed by atoms with E-state index >= 15 is 0 Å². The van der Waals surface area contributed by atoms with Gasteiger partial charge in [0.25, 0.3) is 11.1 Å². The van der Waals surface area contributed by atoms with Crippen LogP contribution in [0.3, 0.4) is 0 Å². The predicted molar refractivity (Wildman–Crippen MR) is 131 cm³/mol. The van der Waals surface area contributed by atoms with E-state index in [4.69, 9.17) is 0 Å². The Bertz CT molecular complexity index is 1340. The zero-order valence-corrected chi connectivity index (χ0v) is 19.7. The first-order chi connectivity index (χ1) is 16.3. The second-order valence-electron chi connectivity index (χ2n) is 7.90. The number of amides is 3. The van der Waals surface area contributed by atoms with Gasteiger partial charge < -0.3 is 14.6 Å². The van der Waals surface area contributed by atoms with E-state index in [1.807, 2.05) is 55.5 Å². The Morgan fingerprint density at radius 1 is 1.15 bits per heavy atom. The van der Waals surface area contributed by atoms with Gasteiger partial charge >= 0.3 is 5.97 Å². The number of carbonyl (C=O) groups is 4. The van der Waals surface area contributed by atoms with Crippen LogP contribution in [0.25, 0.3) is 17.0 Å². The second kappa shape index (κ2) is 9.56. The molecule has 174 valence electrons. The van der Waals surface area contributed by atoms with Crippen LogP contribution in [-0.2, 0) is 25.7 Å². The van der Waals surface area contributed by atoms with Crippen LogP contribution in [0.1, 0.15) is 18.1 Å². The number of ether oxygens (including phenoxy) is 1. The van der Waals surface area contributed by atoms with Crippen LogP contribution in [0, 0.1) is 6.92 Å². The molecule has 1 aliphatic heterocycles. The van der Waals surface area contributed by atoms with E-state index in [9.17, 15) is 19.2 Å². The van der Waals surface area contributed by atoms with Crippen LogP contribution in [0.5, 0.6) is 0 Å². The van der Waals surface area contributed by atoms with Crippen molar-refractivity contribution in [3.8, 4) is 0 Å². The molecule has 0 unspecified atom stereocenters. The van der Waals surface area contributed by atoms with Gasteiger partial charge in [-0.2, -0.15) is 0 Å². The molecule has 34 heavy (non-hydrogen) atoms. The molecule has 9 heteroatoms. The highest BCUT2D eigenvalue weighted by Crippen LogP contribution is 2.35. The molecule has 0 bridgehead atoms. The number of imide groups is 1. The molecule has 0 radical (unpaired) electrons. The fourth-order valence-electron chi connectivity index (χ4n) is 3.83. The smallest absolute Gasteiger partial charge is 0.328 e. The minimum atomic E-state index is -1.02. The van der Waals surface area contributed by atoms with Crippen LogP contribution in [-0.4, -0.2) is 45.6 Å². The SMILES string of the molecule is COC(=O)[C@H](C)N1C(=O)S/C(=C/c2cn(CC(=O)Nc3cccc(C)c3)c3ccccc23)C1=O. The van der Waals surface area contributed by atoms with Crippen molar-refractivity contribution < 1.29 is 23.9 Å². The minimum Gasteiger partial charge on any atom is -0.467 e. The summed E-state index contributed by atoms with van der Waals surface area (Å²) in [5.41, 5.74) is 3.27. The van der Waals surface area contributed by atoms with Crippen LogP contribution in [0.2, 0.25) is 0 Å². The van der Waals surface area contributed by atoms with Crippen LogP contribution in [0.4, 0.5) is 10.5 Å². The van der Waals surface area contributed by atoms with Crippen molar-refractivity contribution in [3.05, 3.63) is 70.8 Å². The van der Waals surface area contributed by atoms with E-state index in [1.54, 1.807) is 16.8 Å². The fourth-order valence-corrected chi connectivity index (χ4v) is 4.73. The first-order valence-corrected chi connectivity index (χ1v) is 11.4. The molecule has 0 spiro atoms. The summed E-state index contributed by atoms with van der Waals surface area (Å²) in [5.74, 6) is -1.41. The Labute approximate surface area is 200 Å². The number of hydrogen-bond donors (Lipinski definition) is 1. The third-order valence-corrected chi connectivity index (χ3v) is 6.36. The van der Waals surface area contributed by atoms with E-state index in [0.29, 0.717) is 5.56 Å². The third-order valence-electron chi connectivity index (χ3n) is 5.47. The lowest BCUT2D eigenvalue weighted by atomic mass is 10.1. The van der Waals surface area contributed by atoms with Gasteiger partial charge in [0.05, 0.1) is 12.0 Å². The van der Waals surface area contributed by atoms with Crippen molar-refractivity contribution in [2.75, 3.05) is 12.4 Å². The fraction of sp³-hybridized carbons (Fsp3) is 0.200. The lowest BCUT2D eigenvalue weighted by molar-refractivity contribution is -0.148. The van der Waals surface area contributed by atoms with Gasteiger partial charge in [-0.15, -0.1) is 0 Å². The number of aryl methyl sites for hydroxylation is 1. The summed E-state index contributed by atoms with van der Waals surface area (Å²) in [6, 6.07) is 14.0. The van der Waals surface area contributed by atoms with Crippen molar-refractivity contribution in [2.45, 2.75) is 26.4 Å². The first kappa shape index (κ1) is 23.3. The average molecular weight is 478 g/mol. The standard InChI is InChI=1S/C25H23N3O5S/c1-15-7-6-8-18(11-15)26-22(29)14-27-13-17(19-9-4-5-10-20(19)27)12-21-23(30)28(25(32)34-21)16(2)24(31)33-3/h4-13,16H,14H2,1-3H3,(H,26,29)/b21-12+/t16-/m0/s1. The molecule has 8 nitrogen and oxygen atoms in total. The van der Waals surface area contributed by atoms with E-state index in [2.05, 4.69) is 10.1 Å². The third kappa shape index (κ3) is 4.60. The van der Waals surface area contributed by atoms with Crippen molar-refractivity contribution in [2.24, 2.45) is 0 Å². The second-order valence-corrected chi connectivity index (χ2v) is 8.89. The molecule has 1 fully saturated rings. The van der Waals surface area contributed by atoms with Gasteiger partial charge in [0.1, 0.15) is 12.6 Å². The minimum absolute atomic E-state index is 0.0726. The molecule has 2 aromatic carbocycles. The first-order valence-electron chi connectivity index (χ1n) is 10.6. The number of aromatic nitrogens is 1. The molecule has 0 aliphatic carbocycles. The number of thioether (sulfide) groups is 1. The number of para-hydroxylation sites is 1. The highest BCUT2D eigenvalue weighted by Gasteiger charge is 2.41. The van der Waals surface area contributed by atoms with Crippen LogP contribution < -0.4 is 5.32 Å². The maximum atomic E-state index is 12.9. The van der Waals surface area contributed by atoms with Gasteiger partial charge in [0, 0.05) is 28.4 Å². The number of fused-ring (bicyclic) bond motifs is 1. The Hall–Kier alpha value is -3.85. The molecule has 2 heterocycles.